The van der Waals surface area contributed by atoms with E-state index in [1.807, 2.05) is 0 Å². The van der Waals surface area contributed by atoms with E-state index in [9.17, 15) is 18.0 Å². The van der Waals surface area contributed by atoms with E-state index in [4.69, 9.17) is 5.73 Å². The highest BCUT2D eigenvalue weighted by atomic mass is 19.1. The zero-order valence-corrected chi connectivity index (χ0v) is 16.4. The molecule has 9 heteroatoms. The van der Waals surface area contributed by atoms with E-state index < -0.39 is 29.6 Å². The molecule has 4 rings (SSSR count). The first-order valence-corrected chi connectivity index (χ1v) is 9.84. The molecule has 3 N–H and O–H groups in total. The summed E-state index contributed by atoms with van der Waals surface area (Å²) in [6.45, 7) is 0.199. The van der Waals surface area contributed by atoms with Crippen LogP contribution in [0.4, 0.5) is 19.1 Å². The van der Waals surface area contributed by atoms with Crippen molar-refractivity contribution in [3.8, 4) is 11.1 Å². The van der Waals surface area contributed by atoms with E-state index in [0.29, 0.717) is 18.4 Å². The minimum absolute atomic E-state index is 0.148. The van der Waals surface area contributed by atoms with Gasteiger partial charge >= 0.3 is 0 Å². The number of nitrogens with zero attached hydrogens (tertiary/aromatic N) is 3. The average Bonchev–Trinajstić information content (AvgIpc) is 2.76. The van der Waals surface area contributed by atoms with Gasteiger partial charge in [0.25, 0.3) is 0 Å². The zero-order chi connectivity index (χ0) is 22.0. The zero-order valence-electron chi connectivity index (χ0n) is 16.4. The number of pyridine rings is 1. The van der Waals surface area contributed by atoms with Gasteiger partial charge in [-0.3, -0.25) is 9.78 Å². The fourth-order valence-electron chi connectivity index (χ4n) is 3.79. The highest BCUT2D eigenvalue weighted by Gasteiger charge is 2.39. The highest BCUT2D eigenvalue weighted by Crippen LogP contribution is 2.41. The van der Waals surface area contributed by atoms with Crippen LogP contribution in [-0.4, -0.2) is 33.6 Å². The molecule has 3 atom stereocenters. The Morgan fingerprint density at radius 2 is 1.94 bits per heavy atom. The molecule has 0 saturated heterocycles. The number of alkyl halides is 1. The topological polar surface area (TPSA) is 93.8 Å². The lowest BCUT2D eigenvalue weighted by atomic mass is 9.72. The van der Waals surface area contributed by atoms with Crippen LogP contribution in [0, 0.1) is 17.6 Å². The third-order valence-electron chi connectivity index (χ3n) is 5.59. The molecule has 0 aliphatic heterocycles. The van der Waals surface area contributed by atoms with Gasteiger partial charge in [-0.2, -0.15) is 0 Å². The number of amides is 1. The summed E-state index contributed by atoms with van der Waals surface area (Å²) in [5.41, 5.74) is 6.41. The van der Waals surface area contributed by atoms with Gasteiger partial charge in [0.15, 0.2) is 0 Å². The average molecular weight is 427 g/mol. The SMILES string of the molecule is NC(=O)c1ccc(F)cc1-c1cnc(NC[C@H](c2ncccc2F)C2CC[C@@H]2F)nc1. The summed E-state index contributed by atoms with van der Waals surface area (Å²) in [5.74, 6) is -2.27. The van der Waals surface area contributed by atoms with Crippen molar-refractivity contribution in [2.45, 2.75) is 24.9 Å². The third-order valence-corrected chi connectivity index (χ3v) is 5.59. The Kier molecular flexibility index (Phi) is 5.83. The molecule has 1 saturated carbocycles. The van der Waals surface area contributed by atoms with E-state index in [1.165, 1.54) is 42.9 Å². The molecule has 6 nitrogen and oxygen atoms in total. The second-order valence-corrected chi connectivity index (χ2v) is 7.46. The molecule has 1 aliphatic carbocycles. The van der Waals surface area contributed by atoms with Crippen molar-refractivity contribution in [1.29, 1.82) is 0 Å². The van der Waals surface area contributed by atoms with Gasteiger partial charge in [-0.25, -0.2) is 23.1 Å². The summed E-state index contributed by atoms with van der Waals surface area (Å²) in [4.78, 5) is 24.1. The molecule has 1 amide bonds. The minimum Gasteiger partial charge on any atom is -0.366 e. The van der Waals surface area contributed by atoms with Gasteiger partial charge in [0.1, 0.15) is 17.8 Å². The smallest absolute Gasteiger partial charge is 0.249 e. The third kappa shape index (κ3) is 4.35. The van der Waals surface area contributed by atoms with Crippen LogP contribution < -0.4 is 11.1 Å². The monoisotopic (exact) mass is 427 g/mol. The number of hydrogen-bond donors (Lipinski definition) is 2. The fourth-order valence-corrected chi connectivity index (χ4v) is 3.79. The number of primary amides is 1. The largest absolute Gasteiger partial charge is 0.366 e. The van der Waals surface area contributed by atoms with Gasteiger partial charge in [-0.1, -0.05) is 0 Å². The van der Waals surface area contributed by atoms with E-state index in [1.54, 1.807) is 0 Å². The van der Waals surface area contributed by atoms with Crippen LogP contribution in [0.2, 0.25) is 0 Å². The Hall–Kier alpha value is -3.49. The number of nitrogens with one attached hydrogen (secondary N) is 1. The molecule has 1 unspecified atom stereocenters. The molecule has 1 fully saturated rings. The summed E-state index contributed by atoms with van der Waals surface area (Å²) >= 11 is 0. The van der Waals surface area contributed by atoms with Crippen molar-refractivity contribution >= 4 is 11.9 Å². The summed E-state index contributed by atoms with van der Waals surface area (Å²) in [6, 6.07) is 6.43. The van der Waals surface area contributed by atoms with Crippen LogP contribution in [0.5, 0.6) is 0 Å². The van der Waals surface area contributed by atoms with Crippen LogP contribution in [0.25, 0.3) is 11.1 Å². The van der Waals surface area contributed by atoms with E-state index in [0.717, 1.165) is 6.07 Å². The molecule has 3 aromatic rings. The van der Waals surface area contributed by atoms with Crippen LogP contribution >= 0.6 is 0 Å². The van der Waals surface area contributed by atoms with Crippen LogP contribution in [-0.2, 0) is 0 Å². The van der Waals surface area contributed by atoms with Gasteiger partial charge in [-0.05, 0) is 43.2 Å². The summed E-state index contributed by atoms with van der Waals surface area (Å²) in [7, 11) is 0. The Morgan fingerprint density at radius 1 is 1.16 bits per heavy atom. The summed E-state index contributed by atoms with van der Waals surface area (Å²) in [5, 5.41) is 3.01. The van der Waals surface area contributed by atoms with Crippen molar-refractivity contribution in [2.75, 3.05) is 11.9 Å². The lowest BCUT2D eigenvalue weighted by Crippen LogP contribution is -2.37. The second kappa shape index (κ2) is 8.71. The van der Waals surface area contributed by atoms with Crippen LogP contribution in [0.15, 0.2) is 48.9 Å². The first-order valence-electron chi connectivity index (χ1n) is 9.84. The molecule has 1 aromatic carbocycles. The molecule has 31 heavy (non-hydrogen) atoms. The first-order chi connectivity index (χ1) is 14.9. The standard InChI is InChI=1S/C22H20F3N5O/c23-13-3-4-15(21(26)31)16(8-13)12-9-28-22(29-10-12)30-11-17(14-5-6-18(14)24)20-19(25)2-1-7-27-20/h1-4,7-10,14,17-18H,5-6,11H2,(H2,26,31)(H,28,29,30)/t14?,17-,18-/m0/s1. The van der Waals surface area contributed by atoms with E-state index >= 15 is 0 Å². The van der Waals surface area contributed by atoms with Crippen LogP contribution in [0.1, 0.15) is 34.8 Å². The summed E-state index contributed by atoms with van der Waals surface area (Å²) < 4.78 is 42.0. The van der Waals surface area contributed by atoms with Crippen molar-refractivity contribution in [1.82, 2.24) is 15.0 Å². The Balaban J connectivity index is 1.53. The van der Waals surface area contributed by atoms with Crippen molar-refractivity contribution < 1.29 is 18.0 Å². The number of rotatable bonds is 7. The van der Waals surface area contributed by atoms with E-state index in [2.05, 4.69) is 20.3 Å². The molecular weight excluding hydrogens is 407 g/mol. The number of benzene rings is 1. The number of carbonyl (C=O) groups is 1. The second-order valence-electron chi connectivity index (χ2n) is 7.46. The number of nitrogens with two attached hydrogens (primary N) is 1. The number of carbonyl (C=O) groups excluding carboxylic acids is 1. The van der Waals surface area contributed by atoms with Gasteiger partial charge < -0.3 is 11.1 Å². The highest BCUT2D eigenvalue weighted by molar-refractivity contribution is 5.99. The predicted octanol–water partition coefficient (Wildman–Crippen LogP) is 3.86. The maximum absolute atomic E-state index is 14.3. The lowest BCUT2D eigenvalue weighted by molar-refractivity contribution is 0.0893. The molecule has 2 aromatic heterocycles. The quantitative estimate of drug-likeness (QED) is 0.597. The number of aromatic nitrogens is 3. The Labute approximate surface area is 176 Å². The molecule has 0 radical (unpaired) electrons. The number of anilines is 1. The predicted molar refractivity (Wildman–Crippen MR) is 109 cm³/mol. The molecule has 0 bridgehead atoms. The van der Waals surface area contributed by atoms with Crippen molar-refractivity contribution in [3.63, 3.8) is 0 Å². The van der Waals surface area contributed by atoms with Gasteiger partial charge in [0.05, 0.1) is 5.69 Å². The number of hydrogen-bond acceptors (Lipinski definition) is 5. The van der Waals surface area contributed by atoms with Gasteiger partial charge in [0, 0.05) is 53.7 Å². The normalized spacial score (nSPS) is 18.8. The lowest BCUT2D eigenvalue weighted by Gasteiger charge is -2.37. The fraction of sp³-hybridized carbons (Fsp3) is 0.273. The number of halogens is 3. The molecule has 2 heterocycles. The first kappa shape index (κ1) is 20.8. The minimum atomic E-state index is -1.00. The summed E-state index contributed by atoms with van der Waals surface area (Å²) in [6.07, 6.45) is 4.44. The van der Waals surface area contributed by atoms with Crippen molar-refractivity contribution in [3.05, 3.63) is 71.8 Å². The van der Waals surface area contributed by atoms with E-state index in [-0.39, 0.29) is 35.2 Å². The molecular formula is C22H20F3N5O. The molecule has 1 aliphatic rings. The molecule has 0 spiro atoms. The maximum atomic E-state index is 14.3. The van der Waals surface area contributed by atoms with Crippen molar-refractivity contribution in [2.24, 2.45) is 11.7 Å². The molecule has 160 valence electrons. The Morgan fingerprint density at radius 3 is 2.55 bits per heavy atom. The van der Waals surface area contributed by atoms with Gasteiger partial charge in [-0.15, -0.1) is 0 Å². The Bertz CT molecular complexity index is 1090. The van der Waals surface area contributed by atoms with Gasteiger partial charge in [0.2, 0.25) is 11.9 Å². The van der Waals surface area contributed by atoms with Crippen LogP contribution in [0.3, 0.4) is 0 Å². The maximum Gasteiger partial charge on any atom is 0.249 e.